The average Bonchev–Trinajstić information content (AvgIpc) is 1.62. The number of hydrogen-bond donors (Lipinski definition) is 2. The van der Waals surface area contributed by atoms with Gasteiger partial charge >= 0.3 is 0 Å². The summed E-state index contributed by atoms with van der Waals surface area (Å²) in [6.45, 7) is 38.2. The zero-order chi connectivity index (χ0) is 98.7. The van der Waals surface area contributed by atoms with E-state index in [0.717, 1.165) is 147 Å². The van der Waals surface area contributed by atoms with Gasteiger partial charge in [0.15, 0.2) is 23.0 Å². The van der Waals surface area contributed by atoms with Crippen molar-refractivity contribution in [1.82, 2.24) is 9.13 Å². The molecule has 4 aliphatic carbocycles. The zero-order valence-corrected chi connectivity index (χ0v) is 83.6. The Labute approximate surface area is 817 Å². The van der Waals surface area contributed by atoms with E-state index in [-0.39, 0.29) is 79.1 Å². The smallest absolute Gasteiger partial charge is 0.209 e. The Morgan fingerprint density at radius 1 is 0.471 bits per heavy atom. The van der Waals surface area contributed by atoms with E-state index in [2.05, 4.69) is 205 Å². The van der Waals surface area contributed by atoms with Crippen molar-refractivity contribution >= 4 is 148 Å². The molecule has 20 rings (SSSR count). The van der Waals surface area contributed by atoms with Crippen molar-refractivity contribution in [3.8, 4) is 17.6 Å². The molecule has 0 unspecified atom stereocenters. The van der Waals surface area contributed by atoms with Crippen LogP contribution in [0.5, 0.6) is 11.5 Å². The number of aromatic nitrogens is 2. The Balaban J connectivity index is 0.000000128. The van der Waals surface area contributed by atoms with E-state index in [1.54, 1.807) is 63.1 Å². The Morgan fingerprint density at radius 2 is 0.935 bits per heavy atom. The van der Waals surface area contributed by atoms with Crippen molar-refractivity contribution in [2.75, 3.05) is 50.7 Å². The van der Waals surface area contributed by atoms with Crippen molar-refractivity contribution in [2.24, 2.45) is 40.7 Å². The first-order valence-electron chi connectivity index (χ1n) is 47.5. The molecule has 6 aliphatic heterocycles. The largest absolute Gasteiger partial charge is 0.871 e. The number of aliphatic hydroxyl groups is 2. The second kappa shape index (κ2) is 36.9. The molecule has 0 saturated heterocycles. The van der Waals surface area contributed by atoms with E-state index in [9.17, 15) is 44.9 Å². The minimum Gasteiger partial charge on any atom is -0.871 e. The van der Waals surface area contributed by atoms with Gasteiger partial charge in [0.25, 0.3) is 0 Å². The number of carbonyl (C=O) groups is 4. The summed E-state index contributed by atoms with van der Waals surface area (Å²) in [5.74, 6) is 2.57. The number of fused-ring (bicyclic) bond motifs is 8. The van der Waals surface area contributed by atoms with Crippen LogP contribution in [0.25, 0.3) is 44.1 Å². The van der Waals surface area contributed by atoms with Crippen molar-refractivity contribution in [2.45, 2.75) is 165 Å². The van der Waals surface area contributed by atoms with Crippen LogP contribution < -0.4 is 29.5 Å². The predicted octanol–water partition coefficient (Wildman–Crippen LogP) is 23.6. The van der Waals surface area contributed by atoms with Crippen LogP contribution in [0, 0.1) is 35.0 Å². The van der Waals surface area contributed by atoms with Gasteiger partial charge in [0, 0.05) is 214 Å². The van der Waals surface area contributed by atoms with Gasteiger partial charge < -0.3 is 48.8 Å². The lowest BCUT2D eigenvalue weighted by Crippen LogP contribution is -2.33. The number of allylic oxidation sites excluding steroid dienone is 16. The number of aliphatic imine (C=N–C) groups is 2. The summed E-state index contributed by atoms with van der Waals surface area (Å²) in [7, 11) is 7.16. The SMILES string of the molecule is CC(C)CCN1C(=CC2=C(O)C(=C3C=Nc4ccc(C#N)cc43)C2=O)C(C)(C)c2cc(Cl)ccc21.CC(C)CCn1cc(C2=C([O-])C(=CC3=[N+](CCC(C)C)c4ccccc4C3(C)C)C2=O)c2ccccc21.COc1ccc2c(c1)C(C)(C)C(=CC1=C(O)C(=C3C=Nc4ccc(Cl)cc43)C1=O)N2CCC(C)C.COc1ccc2c(c1)c(C1=C([O-])C(=CC3=[N+](C)c4ccccc4C3(C)C)C1=O)cn2C. The standard InChI is InChI=1S/C33H38N2O2.C29H26ClN3O2.C29H29ClN2O3.C26H24N2O3/c1-21(2)15-17-34-20-25(23-11-7-9-13-27(23)34)30-31(36)24(32(30)37)19-29-33(5,6)26-12-8-10-14-28(26)35(29)18-16-22(3)4;1-16(2)9-10-33-24-8-6-18(30)12-22(24)29(3,4)25(33)13-20-27(34)26(28(20)35)21-15-32-23-7-5-17(14-31)11-19(21)23;1-16(2)10-11-32-24-9-7-18(35-5)13-22(24)29(3,4)25(32)14-20-27(33)26(28(20)34)21-15-31-23-8-6-17(30)12-19(21)23;1-26(2)19-8-6-7-9-21(19)28(4)22(26)13-17-24(29)23(25(17)30)18-14-27(3)20-11-10-15(31-5)12-16(18)20/h7-14,19-22H,15-18H2,1-6H3;5-8,11-13,15-16,34H,9-10H2,1-4H3;6-9,12-16,33H,10-11H2,1-5H3;6-14H,1-5H3. The van der Waals surface area contributed by atoms with Gasteiger partial charge in [-0.3, -0.25) is 29.2 Å². The van der Waals surface area contributed by atoms with Crippen LogP contribution in [0.3, 0.4) is 0 Å². The third kappa shape index (κ3) is 16.6. The maximum Gasteiger partial charge on any atom is 0.209 e. The summed E-state index contributed by atoms with van der Waals surface area (Å²) >= 11 is 12.5. The molecule has 0 atom stereocenters. The molecule has 2 N–H and O–H groups in total. The van der Waals surface area contributed by atoms with Gasteiger partial charge in [-0.2, -0.15) is 14.4 Å². The normalized spacial score (nSPS) is 19.7. The number of aliphatic hydroxyl groups excluding tert-OH is 2. The first-order valence-corrected chi connectivity index (χ1v) is 48.3. The molecule has 704 valence electrons. The molecule has 0 bridgehead atoms. The number of rotatable bonds is 20. The van der Waals surface area contributed by atoms with E-state index >= 15 is 0 Å². The molecule has 0 fully saturated rings. The molecule has 10 aromatic rings. The van der Waals surface area contributed by atoms with E-state index in [4.69, 9.17) is 32.7 Å². The lowest BCUT2D eigenvalue weighted by atomic mass is 9.77. The second-order valence-electron chi connectivity index (χ2n) is 40.9. The van der Waals surface area contributed by atoms with Gasteiger partial charge in [0.2, 0.25) is 22.9 Å². The Kier molecular flexibility index (Phi) is 25.6. The zero-order valence-electron chi connectivity index (χ0n) is 82.1. The van der Waals surface area contributed by atoms with Crippen molar-refractivity contribution in [1.29, 1.82) is 5.26 Å². The van der Waals surface area contributed by atoms with Gasteiger partial charge in [-0.25, -0.2) is 0 Å². The number of halogens is 2. The number of nitriles is 1. The molecule has 0 saturated carbocycles. The number of anilines is 2. The van der Waals surface area contributed by atoms with Crippen molar-refractivity contribution in [3.05, 3.63) is 328 Å². The van der Waals surface area contributed by atoms with E-state index < -0.39 is 5.41 Å². The van der Waals surface area contributed by atoms with Gasteiger partial charge in [-0.05, 0) is 191 Å². The Hall–Kier alpha value is -13.9. The van der Waals surface area contributed by atoms with Crippen LogP contribution in [-0.2, 0) is 54.4 Å². The summed E-state index contributed by atoms with van der Waals surface area (Å²) in [6, 6.07) is 55.0. The number of ether oxygens (including phenoxy) is 2. The van der Waals surface area contributed by atoms with E-state index in [1.807, 2.05) is 128 Å². The number of ketones is 4. The quantitative estimate of drug-likeness (QED) is 0.0533. The minimum atomic E-state index is -0.392. The van der Waals surface area contributed by atoms with Gasteiger partial charge in [0.1, 0.15) is 36.6 Å². The van der Waals surface area contributed by atoms with Crippen molar-refractivity contribution in [3.63, 3.8) is 0 Å². The number of carbonyl (C=O) groups excluding carboxylic acids is 4. The van der Waals surface area contributed by atoms with Gasteiger partial charge in [-0.1, -0.05) is 172 Å². The predicted molar refractivity (Wildman–Crippen MR) is 552 cm³/mol. The molecule has 19 nitrogen and oxygen atoms in total. The summed E-state index contributed by atoms with van der Waals surface area (Å²) in [5.41, 5.74) is 22.0. The third-order valence-electron chi connectivity index (χ3n) is 28.8. The van der Waals surface area contributed by atoms with E-state index in [1.165, 1.54) is 16.8 Å². The second-order valence-corrected chi connectivity index (χ2v) is 41.8. The Morgan fingerprint density at radius 3 is 1.48 bits per heavy atom. The maximum absolute atomic E-state index is 13.6. The fourth-order valence-corrected chi connectivity index (χ4v) is 21.0. The molecule has 0 spiro atoms. The summed E-state index contributed by atoms with van der Waals surface area (Å²) < 4.78 is 19.3. The molecule has 0 radical (unpaired) electrons. The number of para-hydroxylation sites is 3. The number of hydrogen-bond acceptors (Lipinski definition) is 15. The highest BCUT2D eigenvalue weighted by Crippen LogP contribution is 2.55. The molecule has 8 aromatic carbocycles. The number of benzene rings is 8. The van der Waals surface area contributed by atoms with Crippen LogP contribution in [0.15, 0.2) is 278 Å². The van der Waals surface area contributed by atoms with Crippen LogP contribution >= 0.6 is 23.2 Å². The molecule has 21 heteroatoms. The average molecular weight is 1880 g/mol. The minimum absolute atomic E-state index is 0.00456. The fourth-order valence-electron chi connectivity index (χ4n) is 20.6. The Bertz CT molecular complexity index is 7430. The molecule has 10 aliphatic rings. The first kappa shape index (κ1) is 95.8. The molecular weight excluding hydrogens is 1760 g/mol. The van der Waals surface area contributed by atoms with Crippen LogP contribution in [0.1, 0.15) is 187 Å². The van der Waals surface area contributed by atoms with Crippen LogP contribution in [0.4, 0.5) is 34.1 Å². The first-order chi connectivity index (χ1) is 65.6. The highest BCUT2D eigenvalue weighted by molar-refractivity contribution is 6.43. The number of Topliss-reactive ketones (excluding diaryl/α,β-unsaturated/α-hetero) is 4. The van der Waals surface area contributed by atoms with Gasteiger partial charge in [0.05, 0.1) is 70.3 Å². The third-order valence-corrected chi connectivity index (χ3v) is 29.2. The van der Waals surface area contributed by atoms with Crippen molar-refractivity contribution < 1.29 is 58.2 Å². The summed E-state index contributed by atoms with van der Waals surface area (Å²) in [4.78, 5) is 66.7. The topological polar surface area (TPSA) is 244 Å². The van der Waals surface area contributed by atoms with Crippen LogP contribution in [-0.4, -0.2) is 116 Å². The highest BCUT2D eigenvalue weighted by Gasteiger charge is 2.50. The number of aryl methyl sites for hydroxylation is 2. The number of nitrogens with zero attached hydrogens (tertiary/aromatic N) is 9. The molecule has 0 amide bonds. The summed E-state index contributed by atoms with van der Waals surface area (Å²) in [5, 5.41) is 61.1. The fraction of sp³-hybridized carbons (Fsp3) is 0.308. The van der Waals surface area contributed by atoms with Crippen LogP contribution in [0.2, 0.25) is 10.0 Å². The molecule has 8 heterocycles. The van der Waals surface area contributed by atoms with Gasteiger partial charge in [-0.15, -0.1) is 0 Å². The lowest BCUT2D eigenvalue weighted by Gasteiger charge is -2.30. The lowest BCUT2D eigenvalue weighted by molar-refractivity contribution is -0.439. The molecule has 138 heavy (non-hydrogen) atoms. The molecule has 2 aromatic heterocycles. The van der Waals surface area contributed by atoms with E-state index in [0.29, 0.717) is 101 Å². The highest BCUT2D eigenvalue weighted by atomic mass is 35.5. The maximum atomic E-state index is 13.6. The molecular formula is C117H117Cl2N9O10. The number of methoxy groups -OCH3 is 2. The summed E-state index contributed by atoms with van der Waals surface area (Å²) in [6.07, 6.45) is 18.5. The monoisotopic (exact) mass is 1880 g/mol.